The van der Waals surface area contributed by atoms with Crippen molar-refractivity contribution in [1.82, 2.24) is 4.90 Å². The molecule has 0 N–H and O–H groups in total. The van der Waals surface area contributed by atoms with Gasteiger partial charge in [0.05, 0.1) is 6.42 Å². The molecule has 2 fully saturated rings. The monoisotopic (exact) mass is 265 g/mol. The van der Waals surface area contributed by atoms with Crippen molar-refractivity contribution < 1.29 is 9.53 Å². The minimum atomic E-state index is 0.312. The molecular weight excluding hydrogens is 246 g/mol. The van der Waals surface area contributed by atoms with E-state index in [-0.39, 0.29) is 0 Å². The highest BCUT2D eigenvalue weighted by molar-refractivity contribution is 7.10. The highest BCUT2D eigenvalue weighted by Crippen LogP contribution is 2.32. The zero-order chi connectivity index (χ0) is 12.4. The Kier molecular flexibility index (Phi) is 3.66. The van der Waals surface area contributed by atoms with Gasteiger partial charge in [-0.05, 0) is 37.1 Å². The van der Waals surface area contributed by atoms with E-state index < -0.39 is 0 Å². The van der Waals surface area contributed by atoms with Gasteiger partial charge in [-0.3, -0.25) is 4.79 Å². The van der Waals surface area contributed by atoms with Crippen molar-refractivity contribution in [2.45, 2.75) is 44.2 Å². The molecule has 1 saturated carbocycles. The van der Waals surface area contributed by atoms with Gasteiger partial charge in [0.1, 0.15) is 0 Å². The third kappa shape index (κ3) is 2.75. The van der Waals surface area contributed by atoms with E-state index in [1.165, 1.54) is 17.7 Å². The Morgan fingerprint density at radius 2 is 2.00 bits per heavy atom. The van der Waals surface area contributed by atoms with Crippen molar-refractivity contribution in [1.29, 1.82) is 0 Å². The van der Waals surface area contributed by atoms with Crippen LogP contribution < -0.4 is 0 Å². The molecule has 1 aliphatic carbocycles. The van der Waals surface area contributed by atoms with Crippen molar-refractivity contribution in [2.24, 2.45) is 0 Å². The Morgan fingerprint density at radius 1 is 1.28 bits per heavy atom. The highest BCUT2D eigenvalue weighted by Gasteiger charge is 2.37. The molecule has 98 valence electrons. The number of nitrogens with zero attached hydrogens (tertiary/aromatic N) is 1. The van der Waals surface area contributed by atoms with E-state index in [1.807, 2.05) is 11.4 Å². The molecule has 3 nitrogen and oxygen atoms in total. The standard InChI is InChI=1S/C14H19NO2S/c16-14(10-13-2-1-9-18-13)15(11-3-4-11)12-5-7-17-8-6-12/h1-2,9,11-12H,3-8,10H2. The highest BCUT2D eigenvalue weighted by atomic mass is 32.1. The number of carbonyl (C=O) groups is 1. The van der Waals surface area contributed by atoms with Gasteiger partial charge in [0.25, 0.3) is 0 Å². The van der Waals surface area contributed by atoms with Gasteiger partial charge in [-0.1, -0.05) is 6.07 Å². The minimum absolute atomic E-state index is 0.312. The average Bonchev–Trinajstić information content (AvgIpc) is 3.08. The fraction of sp³-hybridized carbons (Fsp3) is 0.643. The molecule has 0 aromatic carbocycles. The van der Waals surface area contributed by atoms with E-state index in [0.717, 1.165) is 26.1 Å². The molecular formula is C14H19NO2S. The quantitative estimate of drug-likeness (QED) is 0.837. The van der Waals surface area contributed by atoms with Crippen LogP contribution in [0.25, 0.3) is 0 Å². The first-order chi connectivity index (χ1) is 8.84. The summed E-state index contributed by atoms with van der Waals surface area (Å²) in [4.78, 5) is 15.8. The Bertz CT molecular complexity index is 394. The second-order valence-electron chi connectivity index (χ2n) is 5.13. The third-order valence-electron chi connectivity index (χ3n) is 3.72. The molecule has 1 aromatic heterocycles. The van der Waals surface area contributed by atoms with E-state index in [2.05, 4.69) is 11.0 Å². The van der Waals surface area contributed by atoms with Gasteiger partial charge in [-0.25, -0.2) is 0 Å². The second kappa shape index (κ2) is 5.41. The smallest absolute Gasteiger partial charge is 0.228 e. The summed E-state index contributed by atoms with van der Waals surface area (Å²) in [6.07, 6.45) is 4.96. The molecule has 1 saturated heterocycles. The van der Waals surface area contributed by atoms with Crippen molar-refractivity contribution >= 4 is 17.2 Å². The zero-order valence-corrected chi connectivity index (χ0v) is 11.3. The summed E-state index contributed by atoms with van der Waals surface area (Å²) in [5.41, 5.74) is 0. The molecule has 0 unspecified atom stereocenters. The van der Waals surface area contributed by atoms with Gasteiger partial charge >= 0.3 is 0 Å². The summed E-state index contributed by atoms with van der Waals surface area (Å²) in [5.74, 6) is 0.312. The van der Waals surface area contributed by atoms with E-state index >= 15 is 0 Å². The maximum absolute atomic E-state index is 12.5. The lowest BCUT2D eigenvalue weighted by molar-refractivity contribution is -0.135. The number of hydrogen-bond donors (Lipinski definition) is 0. The van der Waals surface area contributed by atoms with Gasteiger partial charge in [0.15, 0.2) is 0 Å². The molecule has 2 heterocycles. The molecule has 2 aliphatic rings. The van der Waals surface area contributed by atoms with Gasteiger partial charge in [-0.15, -0.1) is 11.3 Å². The molecule has 0 bridgehead atoms. The predicted octanol–water partition coefficient (Wildman–Crippen LogP) is 2.46. The summed E-state index contributed by atoms with van der Waals surface area (Å²) >= 11 is 1.68. The SMILES string of the molecule is O=C(Cc1cccs1)N(C1CCOCC1)C1CC1. The van der Waals surface area contributed by atoms with E-state index in [4.69, 9.17) is 4.74 Å². The lowest BCUT2D eigenvalue weighted by Crippen LogP contribution is -2.45. The first kappa shape index (κ1) is 12.2. The van der Waals surface area contributed by atoms with Crippen LogP contribution in [0.2, 0.25) is 0 Å². The molecule has 4 heteroatoms. The van der Waals surface area contributed by atoms with Crippen LogP contribution in [0.4, 0.5) is 0 Å². The first-order valence-electron chi connectivity index (χ1n) is 6.76. The largest absolute Gasteiger partial charge is 0.381 e. The lowest BCUT2D eigenvalue weighted by atomic mass is 10.1. The van der Waals surface area contributed by atoms with Crippen molar-refractivity contribution in [3.8, 4) is 0 Å². The van der Waals surface area contributed by atoms with Gasteiger partial charge < -0.3 is 9.64 Å². The fourth-order valence-corrected chi connectivity index (χ4v) is 3.37. The van der Waals surface area contributed by atoms with Crippen LogP contribution in [-0.4, -0.2) is 36.1 Å². The number of thiophene rings is 1. The molecule has 0 atom stereocenters. The van der Waals surface area contributed by atoms with E-state index in [9.17, 15) is 4.79 Å². The molecule has 1 amide bonds. The van der Waals surface area contributed by atoms with E-state index in [1.54, 1.807) is 11.3 Å². The number of hydrogen-bond acceptors (Lipinski definition) is 3. The lowest BCUT2D eigenvalue weighted by Gasteiger charge is -2.34. The van der Waals surface area contributed by atoms with Crippen LogP contribution in [0.1, 0.15) is 30.6 Å². The van der Waals surface area contributed by atoms with Crippen LogP contribution in [0.15, 0.2) is 17.5 Å². The molecule has 1 aromatic rings. The maximum Gasteiger partial charge on any atom is 0.228 e. The molecule has 0 radical (unpaired) electrons. The summed E-state index contributed by atoms with van der Waals surface area (Å²) in [7, 11) is 0. The molecule has 3 rings (SSSR count). The summed E-state index contributed by atoms with van der Waals surface area (Å²) < 4.78 is 5.40. The molecule has 0 spiro atoms. The number of rotatable bonds is 4. The van der Waals surface area contributed by atoms with Crippen LogP contribution in [0.5, 0.6) is 0 Å². The molecule has 1 aliphatic heterocycles. The van der Waals surface area contributed by atoms with Gasteiger partial charge in [0.2, 0.25) is 5.91 Å². The second-order valence-corrected chi connectivity index (χ2v) is 6.16. The average molecular weight is 265 g/mol. The number of amides is 1. The van der Waals surface area contributed by atoms with E-state index in [0.29, 0.717) is 24.4 Å². The normalized spacial score (nSPS) is 20.9. The third-order valence-corrected chi connectivity index (χ3v) is 4.59. The van der Waals surface area contributed by atoms with Crippen LogP contribution in [0.3, 0.4) is 0 Å². The van der Waals surface area contributed by atoms with Crippen LogP contribution >= 0.6 is 11.3 Å². The van der Waals surface area contributed by atoms with Crippen molar-refractivity contribution in [3.63, 3.8) is 0 Å². The summed E-state index contributed by atoms with van der Waals surface area (Å²) in [6.45, 7) is 1.61. The molecule has 18 heavy (non-hydrogen) atoms. The van der Waals surface area contributed by atoms with Gasteiger partial charge in [0, 0.05) is 30.2 Å². The Morgan fingerprint density at radius 3 is 2.61 bits per heavy atom. The van der Waals surface area contributed by atoms with Crippen molar-refractivity contribution in [3.05, 3.63) is 22.4 Å². The Balaban J connectivity index is 1.66. The maximum atomic E-state index is 12.5. The topological polar surface area (TPSA) is 29.5 Å². The van der Waals surface area contributed by atoms with Gasteiger partial charge in [-0.2, -0.15) is 0 Å². The van der Waals surface area contributed by atoms with Crippen molar-refractivity contribution in [2.75, 3.05) is 13.2 Å². The Hall–Kier alpha value is -0.870. The first-order valence-corrected chi connectivity index (χ1v) is 7.64. The number of ether oxygens (including phenoxy) is 1. The predicted molar refractivity (Wildman–Crippen MR) is 71.7 cm³/mol. The zero-order valence-electron chi connectivity index (χ0n) is 10.5. The fourth-order valence-electron chi connectivity index (χ4n) is 2.67. The van der Waals surface area contributed by atoms with Crippen LogP contribution in [-0.2, 0) is 16.0 Å². The Labute approximate surface area is 112 Å². The summed E-state index contributed by atoms with van der Waals surface area (Å²) in [5, 5.41) is 2.04. The minimum Gasteiger partial charge on any atom is -0.381 e. The number of carbonyl (C=O) groups excluding carboxylic acids is 1. The van der Waals surface area contributed by atoms with Crippen LogP contribution in [0, 0.1) is 0 Å². The summed E-state index contributed by atoms with van der Waals surface area (Å²) in [6, 6.07) is 5.00.